The summed E-state index contributed by atoms with van der Waals surface area (Å²) >= 11 is 0. The minimum absolute atomic E-state index is 0.200. The van der Waals surface area contributed by atoms with E-state index in [4.69, 9.17) is 0 Å². The summed E-state index contributed by atoms with van der Waals surface area (Å²) in [6, 6.07) is 1.52. The van der Waals surface area contributed by atoms with Crippen LogP contribution in [-0.2, 0) is 10.7 Å². The van der Waals surface area contributed by atoms with Crippen molar-refractivity contribution in [1.29, 1.82) is 0 Å². The van der Waals surface area contributed by atoms with Gasteiger partial charge in [0.2, 0.25) is 11.7 Å². The minimum atomic E-state index is -3.33. The number of anilines is 1. The van der Waals surface area contributed by atoms with E-state index in [2.05, 4.69) is 25.4 Å². The molecule has 0 bridgehead atoms. The lowest BCUT2D eigenvalue weighted by molar-refractivity contribution is -0.114. The Labute approximate surface area is 158 Å². The first-order valence-electron chi connectivity index (χ1n) is 8.74. The Morgan fingerprint density at radius 2 is 2.04 bits per heavy atom. The quantitative estimate of drug-likeness (QED) is 0.736. The number of aromatic nitrogens is 5. The number of rotatable bonds is 4. The lowest BCUT2D eigenvalue weighted by atomic mass is 10.2. The van der Waals surface area contributed by atoms with E-state index in [0.29, 0.717) is 23.5 Å². The molecular weight excluding hydrogens is 373 g/mol. The number of hydrogen-bond acceptors (Lipinski definition) is 5. The van der Waals surface area contributed by atoms with Gasteiger partial charge < -0.3 is 5.32 Å². The topological polar surface area (TPSA) is 85.6 Å². The van der Waals surface area contributed by atoms with Gasteiger partial charge in [-0.1, -0.05) is 0 Å². The lowest BCUT2D eigenvalue weighted by Gasteiger charge is -2.13. The molecule has 3 aromatic heterocycles. The first-order chi connectivity index (χ1) is 13.1. The van der Waals surface area contributed by atoms with Crippen LogP contribution in [-0.4, -0.2) is 30.6 Å². The Balaban J connectivity index is 1.97. The summed E-state index contributed by atoms with van der Waals surface area (Å²) in [6.45, 7) is 3.29. The van der Waals surface area contributed by atoms with Crippen LogP contribution in [0.2, 0.25) is 0 Å². The third-order valence-electron chi connectivity index (χ3n) is 4.45. The molecule has 4 rings (SSSR count). The molecule has 3 heterocycles. The lowest BCUT2D eigenvalue weighted by Crippen LogP contribution is -2.18. The van der Waals surface area contributed by atoms with Crippen LogP contribution in [0.25, 0.3) is 16.7 Å². The van der Waals surface area contributed by atoms with Crippen molar-refractivity contribution in [2.24, 2.45) is 0 Å². The monoisotopic (exact) mass is 390 g/mol. The van der Waals surface area contributed by atoms with E-state index in [-0.39, 0.29) is 29.2 Å². The van der Waals surface area contributed by atoms with Crippen LogP contribution in [0.4, 0.5) is 19.0 Å². The van der Waals surface area contributed by atoms with Crippen molar-refractivity contribution in [3.63, 3.8) is 0 Å². The fourth-order valence-electron chi connectivity index (χ4n) is 2.98. The summed E-state index contributed by atoms with van der Waals surface area (Å²) in [6.07, 6.45) is 3.41. The van der Waals surface area contributed by atoms with Crippen molar-refractivity contribution >= 4 is 22.6 Å². The molecule has 0 saturated heterocycles. The van der Waals surface area contributed by atoms with Crippen molar-refractivity contribution in [1.82, 2.24) is 24.7 Å². The average molecular weight is 390 g/mol. The molecule has 1 N–H and O–H groups in total. The van der Waals surface area contributed by atoms with Gasteiger partial charge in [0, 0.05) is 37.4 Å². The highest BCUT2D eigenvalue weighted by atomic mass is 19.3. The second-order valence-electron chi connectivity index (χ2n) is 7.00. The van der Waals surface area contributed by atoms with Gasteiger partial charge in [-0.3, -0.25) is 4.79 Å². The van der Waals surface area contributed by atoms with Gasteiger partial charge in [0.05, 0.1) is 16.9 Å². The van der Waals surface area contributed by atoms with Gasteiger partial charge in [-0.15, -0.1) is 0 Å². The van der Waals surface area contributed by atoms with Gasteiger partial charge >= 0.3 is 5.92 Å². The molecular formula is C18H17F3N6O. The van der Waals surface area contributed by atoms with Gasteiger partial charge in [0.25, 0.3) is 0 Å². The molecule has 1 aliphatic rings. The number of halogens is 3. The zero-order chi connectivity index (χ0) is 20.2. The fraction of sp³-hybridized carbons (Fsp3) is 0.389. The molecule has 0 unspecified atom stereocenters. The normalized spacial score (nSPS) is 14.5. The predicted octanol–water partition coefficient (Wildman–Crippen LogP) is 3.61. The summed E-state index contributed by atoms with van der Waals surface area (Å²) in [5, 5.41) is 7.67. The number of pyridine rings is 1. The molecule has 28 heavy (non-hydrogen) atoms. The zero-order valence-corrected chi connectivity index (χ0v) is 15.4. The highest BCUT2D eigenvalue weighted by Gasteiger charge is 2.33. The Morgan fingerprint density at radius 1 is 1.32 bits per heavy atom. The van der Waals surface area contributed by atoms with Crippen molar-refractivity contribution in [3.8, 4) is 5.82 Å². The highest BCUT2D eigenvalue weighted by Crippen LogP contribution is 2.43. The number of nitrogens with zero attached hydrogens (tertiary/aromatic N) is 5. The van der Waals surface area contributed by atoms with E-state index in [9.17, 15) is 18.0 Å². The van der Waals surface area contributed by atoms with Gasteiger partial charge in [-0.2, -0.15) is 13.9 Å². The molecule has 0 radical (unpaired) electrons. The Hall–Kier alpha value is -3.04. The van der Waals surface area contributed by atoms with E-state index in [1.807, 2.05) is 0 Å². The maximum absolute atomic E-state index is 14.8. The summed E-state index contributed by atoms with van der Waals surface area (Å²) in [5.74, 6) is -5.19. The van der Waals surface area contributed by atoms with E-state index in [0.717, 1.165) is 12.8 Å². The first kappa shape index (κ1) is 18.3. The number of nitrogens with one attached hydrogen (secondary N) is 1. The largest absolute Gasteiger partial charge is 0.311 e. The van der Waals surface area contributed by atoms with Crippen LogP contribution in [0.1, 0.15) is 49.8 Å². The summed E-state index contributed by atoms with van der Waals surface area (Å²) in [5.41, 5.74) is 0.926. The molecule has 1 amide bonds. The van der Waals surface area contributed by atoms with E-state index >= 15 is 0 Å². The molecule has 0 aliphatic heterocycles. The second kappa shape index (κ2) is 6.25. The van der Waals surface area contributed by atoms with Gasteiger partial charge in [0.1, 0.15) is 5.82 Å². The molecule has 0 spiro atoms. The van der Waals surface area contributed by atoms with Gasteiger partial charge in [-0.25, -0.2) is 24.0 Å². The smallest absolute Gasteiger partial charge is 0.303 e. The summed E-state index contributed by atoms with van der Waals surface area (Å²) < 4.78 is 43.6. The third kappa shape index (κ3) is 3.19. The molecule has 1 fully saturated rings. The Bertz CT molecular complexity index is 1100. The van der Waals surface area contributed by atoms with E-state index < -0.39 is 17.6 Å². The van der Waals surface area contributed by atoms with Gasteiger partial charge in [0.15, 0.2) is 11.6 Å². The number of amides is 1. The van der Waals surface area contributed by atoms with Crippen LogP contribution in [0, 0.1) is 12.7 Å². The number of hydrogen-bond donors (Lipinski definition) is 1. The van der Waals surface area contributed by atoms with Gasteiger partial charge in [-0.05, 0) is 19.8 Å². The number of fused-ring (bicyclic) bond motifs is 1. The minimum Gasteiger partial charge on any atom is -0.311 e. The van der Waals surface area contributed by atoms with Crippen LogP contribution in [0.3, 0.4) is 0 Å². The van der Waals surface area contributed by atoms with Crippen LogP contribution >= 0.6 is 0 Å². The van der Waals surface area contributed by atoms with Crippen molar-refractivity contribution in [2.75, 3.05) is 5.32 Å². The molecule has 0 atom stereocenters. The van der Waals surface area contributed by atoms with Crippen molar-refractivity contribution in [3.05, 3.63) is 35.3 Å². The van der Waals surface area contributed by atoms with E-state index in [1.54, 1.807) is 6.20 Å². The Morgan fingerprint density at radius 3 is 2.64 bits per heavy atom. The molecule has 3 aromatic rings. The molecule has 1 saturated carbocycles. The SMILES string of the molecule is CC(=O)Nc1cc2c(cn1)c(C1CC1)nn2-c1nc(C(C)(F)F)nc(C)c1F. The zero-order valence-electron chi connectivity index (χ0n) is 15.4. The molecule has 1 aliphatic carbocycles. The maximum Gasteiger partial charge on any atom is 0.303 e. The average Bonchev–Trinajstić information content (AvgIpc) is 3.37. The first-order valence-corrected chi connectivity index (χ1v) is 8.74. The fourth-order valence-corrected chi connectivity index (χ4v) is 2.98. The predicted molar refractivity (Wildman–Crippen MR) is 95.0 cm³/mol. The molecule has 7 nitrogen and oxygen atoms in total. The highest BCUT2D eigenvalue weighted by molar-refractivity contribution is 5.91. The van der Waals surface area contributed by atoms with Crippen molar-refractivity contribution in [2.45, 2.75) is 45.5 Å². The summed E-state index contributed by atoms with van der Waals surface area (Å²) in [7, 11) is 0. The van der Waals surface area contributed by atoms with Crippen LogP contribution in [0.15, 0.2) is 12.3 Å². The standard InChI is InChI=1S/C18H17F3N6O/c1-8-14(19)16(25-17(23-8)18(3,20)21)27-12-6-13(24-9(2)28)22-7-11(12)15(26-27)10-4-5-10/h6-7,10H,4-5H2,1-3H3,(H,22,24,28). The summed E-state index contributed by atoms with van der Waals surface area (Å²) in [4.78, 5) is 22.9. The number of aryl methyl sites for hydroxylation is 1. The molecule has 146 valence electrons. The molecule has 0 aromatic carbocycles. The van der Waals surface area contributed by atoms with Crippen LogP contribution in [0.5, 0.6) is 0 Å². The second-order valence-corrected chi connectivity index (χ2v) is 7.00. The maximum atomic E-state index is 14.8. The van der Waals surface area contributed by atoms with Crippen molar-refractivity contribution < 1.29 is 18.0 Å². The van der Waals surface area contributed by atoms with Crippen LogP contribution < -0.4 is 5.32 Å². The third-order valence-corrected chi connectivity index (χ3v) is 4.45. The number of alkyl halides is 2. The van der Waals surface area contributed by atoms with E-state index in [1.165, 1.54) is 24.6 Å². The number of carbonyl (C=O) groups excluding carboxylic acids is 1. The Kier molecular flexibility index (Phi) is 4.09. The molecule has 10 heteroatoms. The number of carbonyl (C=O) groups is 1.